The average Bonchev–Trinajstić information content (AvgIpc) is 3.02. The standard InChI is InChI=1S/C10H15N5O/c1-15(6-9(16)14-8-2-3-8)10-12-4-7(11)5-13-10/h4-5,8H,2-3,6,11H2,1H3,(H,14,16). The van der Waals surface area contributed by atoms with Crippen LogP contribution in [0.4, 0.5) is 11.6 Å². The summed E-state index contributed by atoms with van der Waals surface area (Å²) in [5.74, 6) is 0.505. The van der Waals surface area contributed by atoms with Crippen LogP contribution in [0.25, 0.3) is 0 Å². The van der Waals surface area contributed by atoms with Gasteiger partial charge in [0.2, 0.25) is 11.9 Å². The van der Waals surface area contributed by atoms with E-state index < -0.39 is 0 Å². The van der Waals surface area contributed by atoms with Crippen LogP contribution in [0, 0.1) is 0 Å². The monoisotopic (exact) mass is 221 g/mol. The van der Waals surface area contributed by atoms with E-state index in [0.29, 0.717) is 17.7 Å². The molecule has 1 aliphatic rings. The number of aromatic nitrogens is 2. The molecule has 3 N–H and O–H groups in total. The molecule has 16 heavy (non-hydrogen) atoms. The lowest BCUT2D eigenvalue weighted by molar-refractivity contribution is -0.119. The first-order valence-electron chi connectivity index (χ1n) is 5.23. The van der Waals surface area contributed by atoms with Crippen LogP contribution in [0.3, 0.4) is 0 Å². The summed E-state index contributed by atoms with van der Waals surface area (Å²) in [6.45, 7) is 0.264. The fourth-order valence-corrected chi connectivity index (χ4v) is 1.32. The topological polar surface area (TPSA) is 84.1 Å². The van der Waals surface area contributed by atoms with E-state index in [1.165, 1.54) is 12.4 Å². The molecule has 1 fully saturated rings. The fourth-order valence-electron chi connectivity index (χ4n) is 1.32. The molecule has 1 saturated carbocycles. The van der Waals surface area contributed by atoms with Crippen molar-refractivity contribution in [1.29, 1.82) is 0 Å². The predicted molar refractivity (Wildman–Crippen MR) is 60.9 cm³/mol. The van der Waals surface area contributed by atoms with Crippen molar-refractivity contribution in [3.8, 4) is 0 Å². The van der Waals surface area contributed by atoms with Gasteiger partial charge in [0, 0.05) is 13.1 Å². The maximum Gasteiger partial charge on any atom is 0.239 e. The van der Waals surface area contributed by atoms with Crippen molar-refractivity contribution in [3.63, 3.8) is 0 Å². The van der Waals surface area contributed by atoms with Gasteiger partial charge in [-0.15, -0.1) is 0 Å². The largest absolute Gasteiger partial charge is 0.396 e. The van der Waals surface area contributed by atoms with Crippen molar-refractivity contribution in [2.45, 2.75) is 18.9 Å². The third-order valence-corrected chi connectivity index (χ3v) is 2.32. The molecule has 6 nitrogen and oxygen atoms in total. The number of anilines is 2. The average molecular weight is 221 g/mol. The molecule has 86 valence electrons. The Morgan fingerprint density at radius 3 is 2.75 bits per heavy atom. The molecule has 1 amide bonds. The Morgan fingerprint density at radius 1 is 1.56 bits per heavy atom. The second kappa shape index (κ2) is 4.34. The van der Waals surface area contributed by atoms with Crippen molar-refractivity contribution in [2.24, 2.45) is 0 Å². The summed E-state index contributed by atoms with van der Waals surface area (Å²) in [6.07, 6.45) is 5.23. The van der Waals surface area contributed by atoms with Crippen LogP contribution in [-0.4, -0.2) is 35.5 Å². The highest BCUT2D eigenvalue weighted by molar-refractivity contribution is 5.81. The van der Waals surface area contributed by atoms with E-state index in [0.717, 1.165) is 12.8 Å². The third kappa shape index (κ3) is 2.82. The molecule has 0 bridgehead atoms. The van der Waals surface area contributed by atoms with Crippen molar-refractivity contribution in [2.75, 3.05) is 24.2 Å². The summed E-state index contributed by atoms with van der Waals surface area (Å²) in [6, 6.07) is 0.383. The highest BCUT2D eigenvalue weighted by atomic mass is 16.2. The predicted octanol–water partition coefficient (Wildman–Crippen LogP) is -0.226. The lowest BCUT2D eigenvalue weighted by Crippen LogP contribution is -2.36. The number of nitrogens with zero attached hydrogens (tertiary/aromatic N) is 3. The first-order valence-corrected chi connectivity index (χ1v) is 5.23. The number of carbonyl (C=O) groups is 1. The molecule has 2 rings (SSSR count). The highest BCUT2D eigenvalue weighted by Crippen LogP contribution is 2.18. The SMILES string of the molecule is CN(CC(=O)NC1CC1)c1ncc(N)cn1. The summed E-state index contributed by atoms with van der Waals surface area (Å²) in [5.41, 5.74) is 5.99. The van der Waals surface area contributed by atoms with Gasteiger partial charge in [-0.05, 0) is 12.8 Å². The van der Waals surface area contributed by atoms with E-state index in [2.05, 4.69) is 15.3 Å². The van der Waals surface area contributed by atoms with Gasteiger partial charge in [-0.3, -0.25) is 4.79 Å². The molecule has 1 aliphatic carbocycles. The Labute approximate surface area is 93.9 Å². The number of amides is 1. The van der Waals surface area contributed by atoms with Gasteiger partial charge in [0.25, 0.3) is 0 Å². The number of nitrogens with one attached hydrogen (secondary N) is 1. The molecule has 0 unspecified atom stereocenters. The Morgan fingerprint density at radius 2 is 2.19 bits per heavy atom. The zero-order valence-corrected chi connectivity index (χ0v) is 9.18. The van der Waals surface area contributed by atoms with E-state index in [1.54, 1.807) is 11.9 Å². The Kier molecular flexibility index (Phi) is 2.89. The quantitative estimate of drug-likeness (QED) is 0.734. The van der Waals surface area contributed by atoms with Gasteiger partial charge in [0.15, 0.2) is 0 Å². The molecule has 1 aromatic rings. The zero-order chi connectivity index (χ0) is 11.5. The molecule has 1 heterocycles. The van der Waals surface area contributed by atoms with E-state index >= 15 is 0 Å². The smallest absolute Gasteiger partial charge is 0.239 e. The number of nitrogen functional groups attached to an aromatic ring is 1. The van der Waals surface area contributed by atoms with Crippen LogP contribution < -0.4 is 16.0 Å². The van der Waals surface area contributed by atoms with E-state index in [4.69, 9.17) is 5.73 Å². The van der Waals surface area contributed by atoms with Crippen LogP contribution in [0.1, 0.15) is 12.8 Å². The van der Waals surface area contributed by atoms with Crippen LogP contribution in [0.5, 0.6) is 0 Å². The first kappa shape index (κ1) is 10.7. The number of nitrogens with two attached hydrogens (primary N) is 1. The minimum atomic E-state index is 0.00502. The van der Waals surface area contributed by atoms with Gasteiger partial charge < -0.3 is 16.0 Å². The normalized spacial score (nSPS) is 14.6. The van der Waals surface area contributed by atoms with Crippen molar-refractivity contribution in [1.82, 2.24) is 15.3 Å². The zero-order valence-electron chi connectivity index (χ0n) is 9.18. The van der Waals surface area contributed by atoms with E-state index in [-0.39, 0.29) is 12.5 Å². The molecule has 6 heteroatoms. The highest BCUT2D eigenvalue weighted by Gasteiger charge is 2.23. The molecule has 0 aromatic carbocycles. The Hall–Kier alpha value is -1.85. The molecular formula is C10H15N5O. The third-order valence-electron chi connectivity index (χ3n) is 2.32. The molecule has 0 aliphatic heterocycles. The number of rotatable bonds is 4. The van der Waals surface area contributed by atoms with Crippen LogP contribution >= 0.6 is 0 Å². The summed E-state index contributed by atoms with van der Waals surface area (Å²) >= 11 is 0. The van der Waals surface area contributed by atoms with Crippen LogP contribution in [-0.2, 0) is 4.79 Å². The minimum Gasteiger partial charge on any atom is -0.396 e. The van der Waals surface area contributed by atoms with Crippen molar-refractivity contribution >= 4 is 17.5 Å². The Bertz CT molecular complexity index is 373. The number of hydrogen-bond acceptors (Lipinski definition) is 5. The number of carbonyl (C=O) groups excluding carboxylic acids is 1. The lowest BCUT2D eigenvalue weighted by Gasteiger charge is -2.16. The van der Waals surface area contributed by atoms with Crippen molar-refractivity contribution < 1.29 is 4.79 Å². The maximum atomic E-state index is 11.5. The second-order valence-corrected chi connectivity index (χ2v) is 4.01. The van der Waals surface area contributed by atoms with Gasteiger partial charge in [-0.1, -0.05) is 0 Å². The van der Waals surface area contributed by atoms with Crippen molar-refractivity contribution in [3.05, 3.63) is 12.4 Å². The second-order valence-electron chi connectivity index (χ2n) is 4.01. The van der Waals surface area contributed by atoms with Gasteiger partial charge in [-0.2, -0.15) is 0 Å². The molecule has 0 spiro atoms. The summed E-state index contributed by atoms with van der Waals surface area (Å²) in [5, 5.41) is 2.91. The molecular weight excluding hydrogens is 206 g/mol. The first-order chi connectivity index (χ1) is 7.65. The summed E-state index contributed by atoms with van der Waals surface area (Å²) in [7, 11) is 1.78. The minimum absolute atomic E-state index is 0.00502. The summed E-state index contributed by atoms with van der Waals surface area (Å²) in [4.78, 5) is 21.3. The lowest BCUT2D eigenvalue weighted by atomic mass is 10.5. The fraction of sp³-hybridized carbons (Fsp3) is 0.500. The molecule has 0 radical (unpaired) electrons. The summed E-state index contributed by atoms with van der Waals surface area (Å²) < 4.78 is 0. The van der Waals surface area contributed by atoms with E-state index in [9.17, 15) is 4.79 Å². The number of likely N-dealkylation sites (N-methyl/N-ethyl adjacent to an activating group) is 1. The van der Waals surface area contributed by atoms with Gasteiger partial charge in [0.05, 0.1) is 24.6 Å². The number of hydrogen-bond donors (Lipinski definition) is 2. The van der Waals surface area contributed by atoms with Gasteiger partial charge in [0.1, 0.15) is 0 Å². The maximum absolute atomic E-state index is 11.5. The van der Waals surface area contributed by atoms with Crippen LogP contribution in [0.2, 0.25) is 0 Å². The Balaban J connectivity index is 1.88. The molecule has 0 saturated heterocycles. The van der Waals surface area contributed by atoms with Gasteiger partial charge in [-0.25, -0.2) is 9.97 Å². The molecule has 0 atom stereocenters. The van der Waals surface area contributed by atoms with Gasteiger partial charge >= 0.3 is 0 Å². The van der Waals surface area contributed by atoms with E-state index in [1.807, 2.05) is 0 Å². The van der Waals surface area contributed by atoms with Crippen LogP contribution in [0.15, 0.2) is 12.4 Å². The molecule has 1 aromatic heterocycles.